The second kappa shape index (κ2) is 7.51. The molecule has 1 aliphatic heterocycles. The number of anilines is 1. The molecular weight excluding hydrogens is 340 g/mol. The average molecular weight is 366 g/mol. The number of likely N-dealkylation sites (N-methyl/N-ethyl adjacent to an activating group) is 1. The number of nitrogens with zero attached hydrogens (tertiary/aromatic N) is 2. The molecule has 0 saturated heterocycles. The van der Waals surface area contributed by atoms with Gasteiger partial charge in [0.25, 0.3) is 0 Å². The van der Waals surface area contributed by atoms with Gasteiger partial charge in [-0.3, -0.25) is 4.79 Å². The minimum absolute atomic E-state index is 0.132. The Hall–Kier alpha value is -2.69. The fraction of sp³-hybridized carbons (Fsp3) is 0.409. The fourth-order valence-electron chi connectivity index (χ4n) is 4.12. The van der Waals surface area contributed by atoms with Crippen molar-refractivity contribution in [3.63, 3.8) is 0 Å². The number of carbonyl (C=O) groups excluding carboxylic acids is 1. The standard InChI is InChI=1S/C22H26N2O3/c1-23(19-9-5-7-16-6-3-4-8-18(16)19)22(25)15-24-12-13-27-21-11-10-17(26-2)14-20(21)24/h3-4,6,8,10-11,14,19H,5,7,9,12-13,15H2,1-2H3/t19-/m1/s1. The Morgan fingerprint density at radius 3 is 3.00 bits per heavy atom. The molecule has 5 nitrogen and oxygen atoms in total. The monoisotopic (exact) mass is 366 g/mol. The number of ether oxygens (including phenoxy) is 2. The van der Waals surface area contributed by atoms with Gasteiger partial charge in [-0.1, -0.05) is 24.3 Å². The zero-order valence-corrected chi connectivity index (χ0v) is 16.0. The van der Waals surface area contributed by atoms with Crippen molar-refractivity contribution in [2.45, 2.75) is 25.3 Å². The van der Waals surface area contributed by atoms with Crippen LogP contribution in [0.2, 0.25) is 0 Å². The lowest BCUT2D eigenvalue weighted by atomic mass is 9.87. The van der Waals surface area contributed by atoms with Gasteiger partial charge in [-0.05, 0) is 42.5 Å². The van der Waals surface area contributed by atoms with Gasteiger partial charge in [-0.15, -0.1) is 0 Å². The normalized spacial score (nSPS) is 18.1. The maximum Gasteiger partial charge on any atom is 0.242 e. The molecule has 2 aromatic carbocycles. The summed E-state index contributed by atoms with van der Waals surface area (Å²) in [6.07, 6.45) is 3.25. The van der Waals surface area contributed by atoms with E-state index in [9.17, 15) is 4.79 Å². The summed E-state index contributed by atoms with van der Waals surface area (Å²) in [5, 5.41) is 0. The Kier molecular flexibility index (Phi) is 4.92. The molecule has 0 bridgehead atoms. The molecule has 0 radical (unpaired) electrons. The number of rotatable bonds is 4. The highest BCUT2D eigenvalue weighted by molar-refractivity contribution is 5.83. The SMILES string of the molecule is COc1ccc2c(c1)N(CC(=O)N(C)[C@@H]1CCCc3ccccc31)CCO2. The van der Waals surface area contributed by atoms with Crippen LogP contribution >= 0.6 is 0 Å². The number of methoxy groups -OCH3 is 1. The Morgan fingerprint density at radius 2 is 2.15 bits per heavy atom. The van der Waals surface area contributed by atoms with E-state index in [0.29, 0.717) is 19.7 Å². The molecule has 0 aromatic heterocycles. The molecule has 0 saturated carbocycles. The smallest absolute Gasteiger partial charge is 0.242 e. The number of aryl methyl sites for hydroxylation is 1. The van der Waals surface area contributed by atoms with Gasteiger partial charge in [-0.25, -0.2) is 0 Å². The van der Waals surface area contributed by atoms with Crippen LogP contribution in [0.15, 0.2) is 42.5 Å². The first-order valence-electron chi connectivity index (χ1n) is 9.56. The molecule has 142 valence electrons. The molecule has 4 rings (SSSR count). The Balaban J connectivity index is 1.52. The van der Waals surface area contributed by atoms with Crippen molar-refractivity contribution in [1.82, 2.24) is 4.90 Å². The van der Waals surface area contributed by atoms with Crippen LogP contribution in [-0.2, 0) is 11.2 Å². The summed E-state index contributed by atoms with van der Waals surface area (Å²) in [5.74, 6) is 1.71. The molecule has 0 spiro atoms. The molecule has 1 amide bonds. The second-order valence-electron chi connectivity index (χ2n) is 7.22. The highest BCUT2D eigenvalue weighted by Crippen LogP contribution is 2.36. The van der Waals surface area contributed by atoms with Crippen LogP contribution in [0.5, 0.6) is 11.5 Å². The third kappa shape index (κ3) is 3.46. The van der Waals surface area contributed by atoms with Crippen molar-refractivity contribution in [3.05, 3.63) is 53.6 Å². The Bertz CT molecular complexity index is 836. The van der Waals surface area contributed by atoms with Crippen molar-refractivity contribution in [2.75, 3.05) is 38.8 Å². The second-order valence-corrected chi connectivity index (χ2v) is 7.22. The summed E-state index contributed by atoms with van der Waals surface area (Å²) in [4.78, 5) is 17.1. The Labute approximate surface area is 160 Å². The molecule has 0 unspecified atom stereocenters. The molecule has 2 aromatic rings. The summed E-state index contributed by atoms with van der Waals surface area (Å²) in [7, 11) is 3.58. The van der Waals surface area contributed by atoms with Crippen LogP contribution in [-0.4, -0.2) is 44.7 Å². The van der Waals surface area contributed by atoms with E-state index in [2.05, 4.69) is 29.2 Å². The summed E-state index contributed by atoms with van der Waals surface area (Å²) >= 11 is 0. The molecule has 1 aliphatic carbocycles. The summed E-state index contributed by atoms with van der Waals surface area (Å²) in [5.41, 5.74) is 3.59. The zero-order chi connectivity index (χ0) is 18.8. The molecule has 0 fully saturated rings. The molecule has 27 heavy (non-hydrogen) atoms. The van der Waals surface area contributed by atoms with E-state index in [0.717, 1.165) is 36.4 Å². The minimum atomic E-state index is 0.132. The third-order valence-electron chi connectivity index (χ3n) is 5.65. The number of hydrogen-bond donors (Lipinski definition) is 0. The van der Waals surface area contributed by atoms with Gasteiger partial charge in [-0.2, -0.15) is 0 Å². The van der Waals surface area contributed by atoms with Crippen LogP contribution in [0, 0.1) is 0 Å². The van der Waals surface area contributed by atoms with E-state index in [1.807, 2.05) is 30.1 Å². The van der Waals surface area contributed by atoms with Crippen molar-refractivity contribution >= 4 is 11.6 Å². The van der Waals surface area contributed by atoms with E-state index in [4.69, 9.17) is 9.47 Å². The third-order valence-corrected chi connectivity index (χ3v) is 5.65. The van der Waals surface area contributed by atoms with Gasteiger partial charge < -0.3 is 19.3 Å². The fourth-order valence-corrected chi connectivity index (χ4v) is 4.12. The first kappa shape index (κ1) is 17.7. The number of hydrogen-bond acceptors (Lipinski definition) is 4. The van der Waals surface area contributed by atoms with Crippen molar-refractivity contribution in [1.29, 1.82) is 0 Å². The van der Waals surface area contributed by atoms with E-state index in [1.165, 1.54) is 11.1 Å². The molecule has 5 heteroatoms. The summed E-state index contributed by atoms with van der Waals surface area (Å²) in [6, 6.07) is 14.4. The van der Waals surface area contributed by atoms with Crippen LogP contribution in [0.25, 0.3) is 0 Å². The largest absolute Gasteiger partial charge is 0.497 e. The highest BCUT2D eigenvalue weighted by Gasteiger charge is 2.28. The van der Waals surface area contributed by atoms with Crippen molar-refractivity contribution in [3.8, 4) is 11.5 Å². The van der Waals surface area contributed by atoms with E-state index < -0.39 is 0 Å². The lowest BCUT2D eigenvalue weighted by Crippen LogP contribution is -2.43. The minimum Gasteiger partial charge on any atom is -0.497 e. The number of benzene rings is 2. The van der Waals surface area contributed by atoms with Gasteiger partial charge in [0.2, 0.25) is 5.91 Å². The van der Waals surface area contributed by atoms with Crippen LogP contribution in [0.3, 0.4) is 0 Å². The Morgan fingerprint density at radius 1 is 1.30 bits per heavy atom. The van der Waals surface area contributed by atoms with Crippen LogP contribution in [0.4, 0.5) is 5.69 Å². The zero-order valence-electron chi connectivity index (χ0n) is 16.0. The molecule has 1 atom stereocenters. The predicted molar refractivity (Wildman–Crippen MR) is 106 cm³/mol. The topological polar surface area (TPSA) is 42.0 Å². The van der Waals surface area contributed by atoms with E-state index in [-0.39, 0.29) is 11.9 Å². The molecule has 0 N–H and O–H groups in total. The quantitative estimate of drug-likeness (QED) is 0.831. The van der Waals surface area contributed by atoms with Crippen LogP contribution in [0.1, 0.15) is 30.0 Å². The van der Waals surface area contributed by atoms with Gasteiger partial charge >= 0.3 is 0 Å². The number of carbonyl (C=O) groups is 1. The first-order chi connectivity index (χ1) is 13.2. The van der Waals surface area contributed by atoms with E-state index >= 15 is 0 Å². The molecule has 1 heterocycles. The van der Waals surface area contributed by atoms with E-state index in [1.54, 1.807) is 7.11 Å². The van der Waals surface area contributed by atoms with Gasteiger partial charge in [0, 0.05) is 13.1 Å². The maximum atomic E-state index is 13.1. The van der Waals surface area contributed by atoms with Crippen molar-refractivity contribution < 1.29 is 14.3 Å². The van der Waals surface area contributed by atoms with Gasteiger partial charge in [0.05, 0.1) is 31.9 Å². The number of amides is 1. The van der Waals surface area contributed by atoms with Crippen molar-refractivity contribution in [2.24, 2.45) is 0 Å². The van der Waals surface area contributed by atoms with Gasteiger partial charge in [0.1, 0.15) is 18.1 Å². The first-order valence-corrected chi connectivity index (χ1v) is 9.56. The van der Waals surface area contributed by atoms with Gasteiger partial charge in [0.15, 0.2) is 0 Å². The lowest BCUT2D eigenvalue weighted by molar-refractivity contribution is -0.131. The highest BCUT2D eigenvalue weighted by atomic mass is 16.5. The average Bonchev–Trinajstić information content (AvgIpc) is 2.72. The summed E-state index contributed by atoms with van der Waals surface area (Å²) in [6.45, 7) is 1.63. The predicted octanol–water partition coefficient (Wildman–Crippen LogP) is 3.43. The molecule has 2 aliphatic rings. The summed E-state index contributed by atoms with van der Waals surface area (Å²) < 4.78 is 11.1. The van der Waals surface area contributed by atoms with Crippen LogP contribution < -0.4 is 14.4 Å². The lowest BCUT2D eigenvalue weighted by Gasteiger charge is -2.36. The maximum absolute atomic E-state index is 13.1. The molecular formula is C22H26N2O3. The number of fused-ring (bicyclic) bond motifs is 2.